The standard InChI is InChI=1S/C10H19N3O2S/c1-8(12-10(14)6-9(11)16)7-13-2-4-15-5-3-13/h8H,2-7H2,1H3,(H2,11,16)(H,12,14). The summed E-state index contributed by atoms with van der Waals surface area (Å²) in [4.78, 5) is 13.9. The third-order valence-corrected chi connectivity index (χ3v) is 2.52. The first-order valence-corrected chi connectivity index (χ1v) is 5.86. The molecule has 0 aromatic heterocycles. The van der Waals surface area contributed by atoms with Crippen molar-refractivity contribution in [2.75, 3.05) is 32.8 Å². The third kappa shape index (κ3) is 5.39. The molecule has 0 aliphatic carbocycles. The van der Waals surface area contributed by atoms with Crippen LogP contribution in [0.5, 0.6) is 0 Å². The highest BCUT2D eigenvalue weighted by Crippen LogP contribution is 1.98. The molecular formula is C10H19N3O2S. The molecule has 0 spiro atoms. The number of nitrogens with zero attached hydrogens (tertiary/aromatic N) is 1. The fraction of sp³-hybridized carbons (Fsp3) is 0.800. The van der Waals surface area contributed by atoms with Crippen molar-refractivity contribution in [3.05, 3.63) is 0 Å². The van der Waals surface area contributed by atoms with E-state index < -0.39 is 0 Å². The fourth-order valence-electron chi connectivity index (χ4n) is 1.70. The van der Waals surface area contributed by atoms with Crippen LogP contribution in [0.25, 0.3) is 0 Å². The SMILES string of the molecule is CC(CN1CCOCC1)NC(=O)CC(N)=S. The maximum absolute atomic E-state index is 11.4. The van der Waals surface area contributed by atoms with Crippen LogP contribution in [0.2, 0.25) is 0 Å². The van der Waals surface area contributed by atoms with Gasteiger partial charge < -0.3 is 15.8 Å². The maximum Gasteiger partial charge on any atom is 0.227 e. The second kappa shape index (κ2) is 6.78. The molecule has 1 atom stereocenters. The maximum atomic E-state index is 11.4. The molecular weight excluding hydrogens is 226 g/mol. The van der Waals surface area contributed by atoms with E-state index in [2.05, 4.69) is 22.4 Å². The van der Waals surface area contributed by atoms with Crippen LogP contribution in [0.4, 0.5) is 0 Å². The normalized spacial score (nSPS) is 19.1. The highest BCUT2D eigenvalue weighted by atomic mass is 32.1. The summed E-state index contributed by atoms with van der Waals surface area (Å²) in [6, 6.07) is 0.111. The number of nitrogens with one attached hydrogen (secondary N) is 1. The summed E-state index contributed by atoms with van der Waals surface area (Å²) in [5.74, 6) is -0.103. The van der Waals surface area contributed by atoms with Gasteiger partial charge in [-0.2, -0.15) is 0 Å². The van der Waals surface area contributed by atoms with E-state index in [0.29, 0.717) is 0 Å². The monoisotopic (exact) mass is 245 g/mol. The van der Waals surface area contributed by atoms with E-state index in [-0.39, 0.29) is 23.4 Å². The van der Waals surface area contributed by atoms with E-state index in [0.717, 1.165) is 32.8 Å². The molecule has 92 valence electrons. The molecule has 0 aromatic carbocycles. The predicted octanol–water partition coefficient (Wildman–Crippen LogP) is -0.500. The van der Waals surface area contributed by atoms with Gasteiger partial charge >= 0.3 is 0 Å². The van der Waals surface area contributed by atoms with Crippen LogP contribution >= 0.6 is 12.2 Å². The highest BCUT2D eigenvalue weighted by molar-refractivity contribution is 7.80. The lowest BCUT2D eigenvalue weighted by molar-refractivity contribution is -0.120. The first kappa shape index (κ1) is 13.3. The average Bonchev–Trinajstić information content (AvgIpc) is 2.17. The van der Waals surface area contributed by atoms with Crippen LogP contribution in [-0.4, -0.2) is 54.7 Å². The highest BCUT2D eigenvalue weighted by Gasteiger charge is 2.15. The van der Waals surface area contributed by atoms with E-state index in [4.69, 9.17) is 10.5 Å². The molecule has 3 N–H and O–H groups in total. The van der Waals surface area contributed by atoms with Crippen molar-refractivity contribution in [3.63, 3.8) is 0 Å². The van der Waals surface area contributed by atoms with Gasteiger partial charge in [0.15, 0.2) is 0 Å². The smallest absolute Gasteiger partial charge is 0.227 e. The Hall–Kier alpha value is -0.720. The van der Waals surface area contributed by atoms with Gasteiger partial charge in [0.1, 0.15) is 0 Å². The minimum atomic E-state index is -0.103. The Kier molecular flexibility index (Phi) is 5.65. The Morgan fingerprint density at radius 1 is 1.56 bits per heavy atom. The molecule has 6 heteroatoms. The topological polar surface area (TPSA) is 67.6 Å². The van der Waals surface area contributed by atoms with Crippen molar-refractivity contribution in [3.8, 4) is 0 Å². The molecule has 0 bridgehead atoms. The van der Waals surface area contributed by atoms with Crippen molar-refractivity contribution in [2.24, 2.45) is 5.73 Å². The molecule has 1 rings (SSSR count). The Bertz CT molecular complexity index is 254. The van der Waals surface area contributed by atoms with Gasteiger partial charge in [0, 0.05) is 25.7 Å². The Balaban J connectivity index is 2.21. The van der Waals surface area contributed by atoms with E-state index in [1.807, 2.05) is 6.92 Å². The third-order valence-electron chi connectivity index (χ3n) is 2.38. The van der Waals surface area contributed by atoms with Crippen LogP contribution in [0.3, 0.4) is 0 Å². The van der Waals surface area contributed by atoms with Gasteiger partial charge in [-0.3, -0.25) is 9.69 Å². The molecule has 1 aliphatic rings. The lowest BCUT2D eigenvalue weighted by Crippen LogP contribution is -2.46. The van der Waals surface area contributed by atoms with Crippen LogP contribution in [0.15, 0.2) is 0 Å². The number of carbonyl (C=O) groups excluding carboxylic acids is 1. The predicted molar refractivity (Wildman–Crippen MR) is 66.3 cm³/mol. The quantitative estimate of drug-likeness (QED) is 0.639. The summed E-state index contributed by atoms with van der Waals surface area (Å²) < 4.78 is 5.25. The van der Waals surface area contributed by atoms with Gasteiger partial charge in [0.2, 0.25) is 5.91 Å². The first-order valence-electron chi connectivity index (χ1n) is 5.45. The summed E-state index contributed by atoms with van der Waals surface area (Å²) in [5.41, 5.74) is 5.30. The van der Waals surface area contributed by atoms with E-state index in [9.17, 15) is 4.79 Å². The van der Waals surface area contributed by atoms with Crippen molar-refractivity contribution < 1.29 is 9.53 Å². The largest absolute Gasteiger partial charge is 0.393 e. The summed E-state index contributed by atoms with van der Waals surface area (Å²) in [7, 11) is 0. The molecule has 0 saturated carbocycles. The number of hydrogen-bond donors (Lipinski definition) is 2. The van der Waals surface area contributed by atoms with Gasteiger partial charge in [-0.05, 0) is 6.92 Å². The molecule has 16 heavy (non-hydrogen) atoms. The Morgan fingerprint density at radius 2 is 2.19 bits per heavy atom. The van der Waals surface area contributed by atoms with Gasteiger partial charge in [0.25, 0.3) is 0 Å². The second-order valence-corrected chi connectivity index (χ2v) is 4.55. The van der Waals surface area contributed by atoms with Gasteiger partial charge in [-0.15, -0.1) is 0 Å². The molecule has 1 aliphatic heterocycles. The van der Waals surface area contributed by atoms with E-state index in [1.165, 1.54) is 0 Å². The lowest BCUT2D eigenvalue weighted by Gasteiger charge is -2.29. The van der Waals surface area contributed by atoms with Crippen LogP contribution < -0.4 is 11.1 Å². The number of rotatable bonds is 5. The molecule has 0 aromatic rings. The minimum absolute atomic E-state index is 0.103. The Labute approximate surface area is 101 Å². The first-order chi connectivity index (χ1) is 7.58. The number of nitrogens with two attached hydrogens (primary N) is 1. The van der Waals surface area contributed by atoms with Crippen LogP contribution in [0, 0.1) is 0 Å². The van der Waals surface area contributed by atoms with E-state index >= 15 is 0 Å². The number of ether oxygens (including phenoxy) is 1. The minimum Gasteiger partial charge on any atom is -0.393 e. The van der Waals surface area contributed by atoms with Gasteiger partial charge in [-0.25, -0.2) is 0 Å². The van der Waals surface area contributed by atoms with Crippen molar-refractivity contribution >= 4 is 23.1 Å². The number of carbonyl (C=O) groups is 1. The summed E-state index contributed by atoms with van der Waals surface area (Å²) in [6.07, 6.45) is 0.128. The average molecular weight is 245 g/mol. The van der Waals surface area contributed by atoms with Gasteiger partial charge in [0.05, 0.1) is 24.6 Å². The van der Waals surface area contributed by atoms with Gasteiger partial charge in [-0.1, -0.05) is 12.2 Å². The number of amides is 1. The number of morpholine rings is 1. The fourth-order valence-corrected chi connectivity index (χ4v) is 1.83. The number of hydrogen-bond acceptors (Lipinski definition) is 4. The zero-order valence-electron chi connectivity index (χ0n) is 9.57. The zero-order chi connectivity index (χ0) is 12.0. The second-order valence-electron chi connectivity index (χ2n) is 4.02. The summed E-state index contributed by atoms with van der Waals surface area (Å²) in [5, 5.41) is 2.87. The molecule has 1 amide bonds. The number of thiocarbonyl (C=S) groups is 1. The van der Waals surface area contributed by atoms with Crippen molar-refractivity contribution in [1.29, 1.82) is 0 Å². The van der Waals surface area contributed by atoms with Crippen LogP contribution in [0.1, 0.15) is 13.3 Å². The molecule has 1 heterocycles. The molecule has 0 radical (unpaired) electrons. The van der Waals surface area contributed by atoms with Crippen molar-refractivity contribution in [1.82, 2.24) is 10.2 Å². The van der Waals surface area contributed by atoms with Crippen LogP contribution in [-0.2, 0) is 9.53 Å². The lowest BCUT2D eigenvalue weighted by atomic mass is 10.2. The molecule has 5 nitrogen and oxygen atoms in total. The molecule has 1 saturated heterocycles. The molecule has 1 unspecified atom stereocenters. The summed E-state index contributed by atoms with van der Waals surface area (Å²) >= 11 is 4.68. The zero-order valence-corrected chi connectivity index (χ0v) is 10.4. The molecule has 1 fully saturated rings. The van der Waals surface area contributed by atoms with Crippen molar-refractivity contribution in [2.45, 2.75) is 19.4 Å². The summed E-state index contributed by atoms with van der Waals surface area (Å²) in [6.45, 7) is 6.21. The Morgan fingerprint density at radius 3 is 2.75 bits per heavy atom. The van der Waals surface area contributed by atoms with E-state index in [1.54, 1.807) is 0 Å².